The van der Waals surface area contributed by atoms with Crippen LogP contribution in [0.1, 0.15) is 5.56 Å². The molecule has 0 saturated heterocycles. The van der Waals surface area contributed by atoms with Crippen molar-refractivity contribution in [2.45, 2.75) is 6.54 Å². The lowest BCUT2D eigenvalue weighted by molar-refractivity contribution is 0.415. The molecule has 3 rings (SSSR count). The van der Waals surface area contributed by atoms with E-state index in [1.165, 1.54) is 0 Å². The maximum atomic E-state index is 12.1. The highest BCUT2D eigenvalue weighted by atomic mass is 16.5. The fourth-order valence-electron chi connectivity index (χ4n) is 2.20. The highest BCUT2D eigenvalue weighted by Crippen LogP contribution is 2.20. The molecular weight excluding hydrogens is 240 g/mol. The Labute approximate surface area is 110 Å². The zero-order chi connectivity index (χ0) is 13.2. The monoisotopic (exact) mass is 254 g/mol. The smallest absolute Gasteiger partial charge is 0.251 e. The van der Waals surface area contributed by atoms with Crippen molar-refractivity contribution < 1.29 is 4.74 Å². The standard InChI is InChI=1S/C15H14N2O2/c1-19-13-4-2-12-3-5-15(18)17(14(12)8-13)10-11-6-7-16-9-11/h2-9,16H,10H2,1H3. The number of fused-ring (bicyclic) bond motifs is 1. The zero-order valence-corrected chi connectivity index (χ0v) is 10.6. The quantitative estimate of drug-likeness (QED) is 0.780. The number of pyridine rings is 1. The van der Waals surface area contributed by atoms with E-state index in [0.29, 0.717) is 6.54 Å². The van der Waals surface area contributed by atoms with Crippen molar-refractivity contribution in [3.05, 3.63) is 64.7 Å². The summed E-state index contributed by atoms with van der Waals surface area (Å²) in [5.74, 6) is 0.751. The van der Waals surface area contributed by atoms with Crippen molar-refractivity contribution in [3.8, 4) is 5.75 Å². The van der Waals surface area contributed by atoms with Crippen molar-refractivity contribution in [2.24, 2.45) is 0 Å². The molecule has 1 aromatic carbocycles. The molecule has 0 aliphatic rings. The van der Waals surface area contributed by atoms with Gasteiger partial charge in [0.05, 0.1) is 19.2 Å². The summed E-state index contributed by atoms with van der Waals surface area (Å²) in [6, 6.07) is 11.1. The average Bonchev–Trinajstić information content (AvgIpc) is 2.94. The fraction of sp³-hybridized carbons (Fsp3) is 0.133. The van der Waals surface area contributed by atoms with Gasteiger partial charge in [-0.1, -0.05) is 0 Å². The molecule has 0 bridgehead atoms. The van der Waals surface area contributed by atoms with Gasteiger partial charge in [-0.25, -0.2) is 0 Å². The molecule has 0 fully saturated rings. The molecule has 0 aliphatic carbocycles. The lowest BCUT2D eigenvalue weighted by atomic mass is 10.2. The van der Waals surface area contributed by atoms with E-state index < -0.39 is 0 Å². The van der Waals surface area contributed by atoms with Crippen LogP contribution in [0.25, 0.3) is 10.9 Å². The third-order valence-electron chi connectivity index (χ3n) is 3.20. The predicted octanol–water partition coefficient (Wildman–Crippen LogP) is 2.39. The van der Waals surface area contributed by atoms with Gasteiger partial charge < -0.3 is 14.3 Å². The van der Waals surface area contributed by atoms with Gasteiger partial charge in [-0.2, -0.15) is 0 Å². The van der Waals surface area contributed by atoms with Gasteiger partial charge in [-0.15, -0.1) is 0 Å². The molecule has 0 spiro atoms. The van der Waals surface area contributed by atoms with Gasteiger partial charge in [0.1, 0.15) is 5.75 Å². The molecule has 96 valence electrons. The summed E-state index contributed by atoms with van der Waals surface area (Å²) in [7, 11) is 1.62. The average molecular weight is 254 g/mol. The second-order valence-electron chi connectivity index (χ2n) is 4.40. The molecule has 4 heteroatoms. The van der Waals surface area contributed by atoms with Gasteiger partial charge in [0.25, 0.3) is 5.56 Å². The van der Waals surface area contributed by atoms with Crippen molar-refractivity contribution in [1.82, 2.24) is 9.55 Å². The van der Waals surface area contributed by atoms with E-state index in [-0.39, 0.29) is 5.56 Å². The molecule has 2 heterocycles. The van der Waals surface area contributed by atoms with E-state index in [4.69, 9.17) is 4.74 Å². The largest absolute Gasteiger partial charge is 0.497 e. The van der Waals surface area contributed by atoms with Crippen LogP contribution in [-0.4, -0.2) is 16.7 Å². The normalized spacial score (nSPS) is 10.8. The van der Waals surface area contributed by atoms with Crippen LogP contribution in [0.15, 0.2) is 53.6 Å². The molecule has 1 N–H and O–H groups in total. The van der Waals surface area contributed by atoms with Gasteiger partial charge in [0, 0.05) is 24.5 Å². The van der Waals surface area contributed by atoms with Crippen LogP contribution >= 0.6 is 0 Å². The number of hydrogen-bond acceptors (Lipinski definition) is 2. The highest BCUT2D eigenvalue weighted by molar-refractivity contribution is 5.80. The van der Waals surface area contributed by atoms with E-state index in [2.05, 4.69) is 4.98 Å². The second-order valence-corrected chi connectivity index (χ2v) is 4.40. The van der Waals surface area contributed by atoms with Crippen LogP contribution < -0.4 is 10.3 Å². The van der Waals surface area contributed by atoms with E-state index in [1.807, 2.05) is 42.7 Å². The number of aromatic amines is 1. The molecule has 0 atom stereocenters. The number of benzene rings is 1. The van der Waals surface area contributed by atoms with Crippen LogP contribution in [0.2, 0.25) is 0 Å². The number of hydrogen-bond donors (Lipinski definition) is 1. The number of nitrogens with one attached hydrogen (secondary N) is 1. The predicted molar refractivity (Wildman–Crippen MR) is 74.7 cm³/mol. The number of methoxy groups -OCH3 is 1. The number of nitrogens with zero attached hydrogens (tertiary/aromatic N) is 1. The Morgan fingerprint density at radius 1 is 1.21 bits per heavy atom. The number of H-pyrrole nitrogens is 1. The van der Waals surface area contributed by atoms with Crippen LogP contribution in [0, 0.1) is 0 Å². The summed E-state index contributed by atoms with van der Waals surface area (Å²) < 4.78 is 6.98. The maximum absolute atomic E-state index is 12.1. The van der Waals surface area contributed by atoms with Gasteiger partial charge in [0.15, 0.2) is 0 Å². The first-order valence-electron chi connectivity index (χ1n) is 6.07. The minimum Gasteiger partial charge on any atom is -0.497 e. The van der Waals surface area contributed by atoms with Crippen LogP contribution in [0.3, 0.4) is 0 Å². The Kier molecular flexibility index (Phi) is 2.83. The number of rotatable bonds is 3. The van der Waals surface area contributed by atoms with Crippen molar-refractivity contribution in [2.75, 3.05) is 7.11 Å². The first-order chi connectivity index (χ1) is 9.28. The molecule has 0 radical (unpaired) electrons. The molecule has 4 nitrogen and oxygen atoms in total. The summed E-state index contributed by atoms with van der Waals surface area (Å²) >= 11 is 0. The molecular formula is C15H14N2O2. The summed E-state index contributed by atoms with van der Waals surface area (Å²) in [6.45, 7) is 0.548. The molecule has 0 unspecified atom stereocenters. The van der Waals surface area contributed by atoms with Gasteiger partial charge in [0.2, 0.25) is 0 Å². The van der Waals surface area contributed by atoms with Gasteiger partial charge in [-0.05, 0) is 35.2 Å². The van der Waals surface area contributed by atoms with Crippen molar-refractivity contribution >= 4 is 10.9 Å². The van der Waals surface area contributed by atoms with E-state index in [1.54, 1.807) is 17.7 Å². The fourth-order valence-corrected chi connectivity index (χ4v) is 2.20. The summed E-state index contributed by atoms with van der Waals surface area (Å²) in [6.07, 6.45) is 3.75. The molecule has 2 aromatic heterocycles. The first-order valence-corrected chi connectivity index (χ1v) is 6.07. The maximum Gasteiger partial charge on any atom is 0.251 e. The Hall–Kier alpha value is -2.49. The van der Waals surface area contributed by atoms with Crippen LogP contribution in [0.5, 0.6) is 5.75 Å². The summed E-state index contributed by atoms with van der Waals surface area (Å²) in [5.41, 5.74) is 1.94. The Morgan fingerprint density at radius 2 is 2.05 bits per heavy atom. The van der Waals surface area contributed by atoms with Crippen molar-refractivity contribution in [3.63, 3.8) is 0 Å². The molecule has 0 saturated carbocycles. The third kappa shape index (κ3) is 2.12. The second kappa shape index (κ2) is 4.65. The Morgan fingerprint density at radius 3 is 2.79 bits per heavy atom. The molecule has 0 aliphatic heterocycles. The van der Waals surface area contributed by atoms with E-state index in [9.17, 15) is 4.79 Å². The van der Waals surface area contributed by atoms with Gasteiger partial charge in [-0.3, -0.25) is 4.79 Å². The summed E-state index contributed by atoms with van der Waals surface area (Å²) in [4.78, 5) is 15.1. The number of aromatic nitrogens is 2. The minimum absolute atomic E-state index is 0.0121. The lowest BCUT2D eigenvalue weighted by Crippen LogP contribution is -2.19. The Balaban J connectivity index is 2.20. The molecule has 0 amide bonds. The summed E-state index contributed by atoms with van der Waals surface area (Å²) in [5, 5.41) is 1.02. The third-order valence-corrected chi connectivity index (χ3v) is 3.20. The first kappa shape index (κ1) is 11.6. The van der Waals surface area contributed by atoms with Crippen LogP contribution in [0.4, 0.5) is 0 Å². The Bertz CT molecular complexity index is 757. The van der Waals surface area contributed by atoms with E-state index in [0.717, 1.165) is 22.2 Å². The SMILES string of the molecule is COc1ccc2ccc(=O)n(Cc3cc[nH]c3)c2c1. The molecule has 19 heavy (non-hydrogen) atoms. The van der Waals surface area contributed by atoms with Crippen molar-refractivity contribution in [1.29, 1.82) is 0 Å². The zero-order valence-electron chi connectivity index (χ0n) is 10.6. The highest BCUT2D eigenvalue weighted by Gasteiger charge is 2.05. The number of ether oxygens (including phenoxy) is 1. The van der Waals surface area contributed by atoms with Gasteiger partial charge >= 0.3 is 0 Å². The molecule has 3 aromatic rings. The topological polar surface area (TPSA) is 47.0 Å². The van der Waals surface area contributed by atoms with Crippen LogP contribution in [-0.2, 0) is 6.54 Å². The minimum atomic E-state index is -0.0121. The van der Waals surface area contributed by atoms with E-state index >= 15 is 0 Å². The lowest BCUT2D eigenvalue weighted by Gasteiger charge is -2.10.